The number of nitrogens with zero attached hydrogens (tertiary/aromatic N) is 4. The van der Waals surface area contributed by atoms with Crippen LogP contribution in [0.3, 0.4) is 0 Å². The number of rotatable bonds is 6. The zero-order valence-corrected chi connectivity index (χ0v) is 21.9. The normalized spacial score (nSPS) is 16.3. The lowest BCUT2D eigenvalue weighted by Gasteiger charge is -2.37. The molecule has 0 bridgehead atoms. The van der Waals surface area contributed by atoms with Gasteiger partial charge in [-0.15, -0.1) is 0 Å². The maximum absolute atomic E-state index is 12.8. The second-order valence-corrected chi connectivity index (χ2v) is 10.5. The van der Waals surface area contributed by atoms with Crippen LogP contribution in [0.2, 0.25) is 5.02 Å². The standard InChI is InChI=1S/C30H28ClFN4O2/c1-38-30(37)22-5-6-24-20(11-22)3-2-4-26(25-7-9-33-14-27(25)31)29(24)21-8-10-36-18-23(34-28(36)12-21)17-35-15-19(13-32)16-35/h5-12,14,18-19H,2-4,13,15-17H2,1H3. The van der Waals surface area contributed by atoms with E-state index in [2.05, 4.69) is 22.0 Å². The molecule has 4 heterocycles. The predicted molar refractivity (Wildman–Crippen MR) is 146 cm³/mol. The molecular weight excluding hydrogens is 503 g/mol. The fraction of sp³-hybridized carbons (Fsp3) is 0.300. The van der Waals surface area contributed by atoms with E-state index in [-0.39, 0.29) is 18.6 Å². The first-order valence-corrected chi connectivity index (χ1v) is 13.2. The Morgan fingerprint density at radius 1 is 1.16 bits per heavy atom. The van der Waals surface area contributed by atoms with Crippen molar-refractivity contribution >= 4 is 34.4 Å². The monoisotopic (exact) mass is 530 g/mol. The van der Waals surface area contributed by atoms with Gasteiger partial charge in [-0.25, -0.2) is 9.78 Å². The van der Waals surface area contributed by atoms with Gasteiger partial charge in [0.05, 0.1) is 30.1 Å². The molecule has 0 saturated carbocycles. The molecule has 6 rings (SSSR count). The van der Waals surface area contributed by atoms with Crippen LogP contribution in [0.25, 0.3) is 16.8 Å². The van der Waals surface area contributed by atoms with E-state index in [0.717, 1.165) is 77.1 Å². The molecule has 0 N–H and O–H groups in total. The molecule has 1 aliphatic heterocycles. The third kappa shape index (κ3) is 4.61. The molecule has 194 valence electrons. The van der Waals surface area contributed by atoms with Crippen LogP contribution >= 0.6 is 11.6 Å². The Morgan fingerprint density at radius 3 is 2.82 bits per heavy atom. The average molecular weight is 531 g/mol. The minimum atomic E-state index is -0.341. The largest absolute Gasteiger partial charge is 0.465 e. The number of fused-ring (bicyclic) bond motifs is 2. The SMILES string of the molecule is COC(=O)c1ccc2c(c1)CCCC(c1ccncc1Cl)=C2c1ccn2cc(CN3CC(CF)C3)nc2c1. The maximum atomic E-state index is 12.8. The highest BCUT2D eigenvalue weighted by Crippen LogP contribution is 2.42. The molecule has 4 aromatic rings. The Bertz CT molecular complexity index is 1560. The second-order valence-electron chi connectivity index (χ2n) is 10.1. The Labute approximate surface area is 225 Å². The Hall–Kier alpha value is -3.55. The molecule has 3 aromatic heterocycles. The van der Waals surface area contributed by atoms with Crippen molar-refractivity contribution in [1.29, 1.82) is 0 Å². The number of alkyl halides is 1. The summed E-state index contributed by atoms with van der Waals surface area (Å²) in [5.74, 6) is -0.189. The summed E-state index contributed by atoms with van der Waals surface area (Å²) >= 11 is 6.66. The van der Waals surface area contributed by atoms with Crippen molar-refractivity contribution in [2.24, 2.45) is 5.92 Å². The molecule has 1 aromatic carbocycles. The number of esters is 1. The Balaban J connectivity index is 1.46. The average Bonchev–Trinajstić information content (AvgIpc) is 3.22. The second kappa shape index (κ2) is 10.3. The van der Waals surface area contributed by atoms with Crippen molar-refractivity contribution in [3.8, 4) is 0 Å². The fourth-order valence-corrected chi connectivity index (χ4v) is 5.88. The fourth-order valence-electron chi connectivity index (χ4n) is 5.65. The van der Waals surface area contributed by atoms with Crippen LogP contribution in [-0.4, -0.2) is 52.1 Å². The number of carbonyl (C=O) groups is 1. The van der Waals surface area contributed by atoms with Gasteiger partial charge in [0.25, 0.3) is 0 Å². The number of benzene rings is 1. The molecule has 1 aliphatic carbocycles. The number of aromatic nitrogens is 3. The van der Waals surface area contributed by atoms with E-state index < -0.39 is 0 Å². The maximum Gasteiger partial charge on any atom is 0.337 e. The molecule has 2 aliphatic rings. The van der Waals surface area contributed by atoms with Crippen molar-refractivity contribution in [1.82, 2.24) is 19.3 Å². The van der Waals surface area contributed by atoms with E-state index >= 15 is 0 Å². The number of likely N-dealkylation sites (tertiary alicyclic amines) is 1. The number of carbonyl (C=O) groups excluding carboxylic acids is 1. The Kier molecular flexibility index (Phi) is 6.72. The van der Waals surface area contributed by atoms with Crippen molar-refractivity contribution in [3.05, 3.63) is 99.7 Å². The zero-order chi connectivity index (χ0) is 26.2. The summed E-state index contributed by atoms with van der Waals surface area (Å²) in [6.45, 7) is 2.02. The summed E-state index contributed by atoms with van der Waals surface area (Å²) in [4.78, 5) is 23.6. The lowest BCUT2D eigenvalue weighted by molar-refractivity contribution is 0.0600. The van der Waals surface area contributed by atoms with Crippen molar-refractivity contribution in [3.63, 3.8) is 0 Å². The number of allylic oxidation sites excluding steroid dienone is 1. The van der Waals surface area contributed by atoms with Gasteiger partial charge < -0.3 is 9.14 Å². The minimum Gasteiger partial charge on any atom is -0.465 e. The molecule has 6 nitrogen and oxygen atoms in total. The number of aryl methyl sites for hydroxylation is 1. The number of hydrogen-bond acceptors (Lipinski definition) is 5. The molecule has 0 amide bonds. The van der Waals surface area contributed by atoms with E-state index in [9.17, 15) is 9.18 Å². The molecular formula is C30H28ClFN4O2. The summed E-state index contributed by atoms with van der Waals surface area (Å²) in [6.07, 6.45) is 10.1. The molecule has 1 fully saturated rings. The number of pyridine rings is 2. The third-order valence-corrected chi connectivity index (χ3v) is 7.80. The quantitative estimate of drug-likeness (QED) is 0.292. The molecule has 0 unspecified atom stereocenters. The van der Waals surface area contributed by atoms with Crippen LogP contribution in [0.5, 0.6) is 0 Å². The summed E-state index contributed by atoms with van der Waals surface area (Å²) < 4.78 is 19.8. The predicted octanol–water partition coefficient (Wildman–Crippen LogP) is 5.87. The van der Waals surface area contributed by atoms with Gasteiger partial charge in [-0.05, 0) is 83.0 Å². The van der Waals surface area contributed by atoms with Crippen molar-refractivity contribution in [2.45, 2.75) is 25.8 Å². The minimum absolute atomic E-state index is 0.152. The molecule has 8 heteroatoms. The summed E-state index contributed by atoms with van der Waals surface area (Å²) in [7, 11) is 1.40. The molecule has 0 spiro atoms. The van der Waals surface area contributed by atoms with Gasteiger partial charge >= 0.3 is 5.97 Å². The van der Waals surface area contributed by atoms with Crippen LogP contribution in [0.4, 0.5) is 4.39 Å². The number of imidazole rings is 1. The first-order chi connectivity index (χ1) is 18.5. The first-order valence-electron chi connectivity index (χ1n) is 12.8. The van der Waals surface area contributed by atoms with E-state index in [4.69, 9.17) is 21.3 Å². The molecule has 1 saturated heterocycles. The van der Waals surface area contributed by atoms with E-state index in [0.29, 0.717) is 17.1 Å². The highest BCUT2D eigenvalue weighted by atomic mass is 35.5. The van der Waals surface area contributed by atoms with Crippen LogP contribution < -0.4 is 0 Å². The van der Waals surface area contributed by atoms with Gasteiger partial charge in [-0.3, -0.25) is 14.3 Å². The van der Waals surface area contributed by atoms with Gasteiger partial charge in [0, 0.05) is 50.3 Å². The number of ether oxygens (including phenoxy) is 1. The van der Waals surface area contributed by atoms with Crippen molar-refractivity contribution < 1.29 is 13.9 Å². The Morgan fingerprint density at radius 2 is 2.03 bits per heavy atom. The van der Waals surface area contributed by atoms with Crippen molar-refractivity contribution in [2.75, 3.05) is 26.9 Å². The molecule has 0 radical (unpaired) electrons. The highest BCUT2D eigenvalue weighted by molar-refractivity contribution is 6.32. The smallest absolute Gasteiger partial charge is 0.337 e. The van der Waals surface area contributed by atoms with Gasteiger partial charge in [0.2, 0.25) is 0 Å². The van der Waals surface area contributed by atoms with Crippen LogP contribution in [-0.2, 0) is 17.7 Å². The highest BCUT2D eigenvalue weighted by Gasteiger charge is 2.27. The van der Waals surface area contributed by atoms with Gasteiger partial charge in [0.1, 0.15) is 5.65 Å². The van der Waals surface area contributed by atoms with Crippen LogP contribution in [0, 0.1) is 5.92 Å². The third-order valence-electron chi connectivity index (χ3n) is 7.50. The summed E-state index contributed by atoms with van der Waals surface area (Å²) in [5, 5.41) is 0.611. The summed E-state index contributed by atoms with van der Waals surface area (Å²) in [5.41, 5.74) is 8.78. The van der Waals surface area contributed by atoms with E-state index in [1.165, 1.54) is 7.11 Å². The topological polar surface area (TPSA) is 59.7 Å². The number of hydrogen-bond donors (Lipinski definition) is 0. The van der Waals surface area contributed by atoms with Gasteiger partial charge in [-0.1, -0.05) is 17.7 Å². The van der Waals surface area contributed by atoms with Crippen LogP contribution in [0.1, 0.15) is 51.1 Å². The molecule has 0 atom stereocenters. The number of halogens is 2. The first kappa shape index (κ1) is 24.8. The van der Waals surface area contributed by atoms with E-state index in [1.54, 1.807) is 12.4 Å². The lowest BCUT2D eigenvalue weighted by Crippen LogP contribution is -2.46. The van der Waals surface area contributed by atoms with Gasteiger partial charge in [-0.2, -0.15) is 0 Å². The summed E-state index contributed by atoms with van der Waals surface area (Å²) in [6, 6.07) is 12.0. The number of methoxy groups -OCH3 is 1. The van der Waals surface area contributed by atoms with Crippen LogP contribution in [0.15, 0.2) is 61.2 Å². The lowest BCUT2D eigenvalue weighted by atomic mass is 9.88. The zero-order valence-electron chi connectivity index (χ0n) is 21.2. The van der Waals surface area contributed by atoms with E-state index in [1.807, 2.05) is 41.1 Å². The van der Waals surface area contributed by atoms with Gasteiger partial charge in [0.15, 0.2) is 0 Å². The molecule has 38 heavy (non-hydrogen) atoms.